The molecule has 1 fully saturated rings. The molecule has 4 rings (SSSR count). The Balaban J connectivity index is 1.49. The number of urea groups is 1. The van der Waals surface area contributed by atoms with Crippen molar-refractivity contribution in [2.75, 3.05) is 5.32 Å². The smallest absolute Gasteiger partial charge is 0.319 e. The number of carbonyl (C=O) groups is 1. The van der Waals surface area contributed by atoms with E-state index in [1.165, 1.54) is 0 Å². The maximum atomic E-state index is 12.4. The van der Waals surface area contributed by atoms with Gasteiger partial charge in [-0.2, -0.15) is 0 Å². The highest BCUT2D eigenvalue weighted by Gasteiger charge is 2.21. The standard InChI is InChI=1S/C27H31ClN4O2/c1-27(2,3)25-13-17(10-11-30-25)18-12-19(16-29-15-18)23-9-6-21(14-24(23)28)32-26(34)31-20-4-7-22(33)8-5-20/h6,9-16,20,22,33H,4-5,7-8H2,1-3H3,(H2,31,32,34). The Labute approximate surface area is 205 Å². The summed E-state index contributed by atoms with van der Waals surface area (Å²) in [6.45, 7) is 6.43. The number of carbonyl (C=O) groups excluding carboxylic acids is 1. The summed E-state index contributed by atoms with van der Waals surface area (Å²) in [4.78, 5) is 21.3. The lowest BCUT2D eigenvalue weighted by atomic mass is 9.90. The molecule has 0 radical (unpaired) electrons. The normalized spacial score (nSPS) is 18.4. The highest BCUT2D eigenvalue weighted by Crippen LogP contribution is 2.33. The first-order chi connectivity index (χ1) is 16.2. The maximum Gasteiger partial charge on any atom is 0.319 e. The summed E-state index contributed by atoms with van der Waals surface area (Å²) in [5, 5.41) is 16.0. The second-order valence-corrected chi connectivity index (χ2v) is 10.3. The van der Waals surface area contributed by atoms with E-state index in [4.69, 9.17) is 11.6 Å². The number of amides is 2. The van der Waals surface area contributed by atoms with E-state index in [2.05, 4.69) is 53.5 Å². The van der Waals surface area contributed by atoms with Crippen LogP contribution in [-0.2, 0) is 5.41 Å². The summed E-state index contributed by atoms with van der Waals surface area (Å²) in [6, 6.07) is 11.4. The third-order valence-corrected chi connectivity index (χ3v) is 6.48. The average Bonchev–Trinajstić information content (AvgIpc) is 2.80. The maximum absolute atomic E-state index is 12.4. The van der Waals surface area contributed by atoms with Crippen molar-refractivity contribution in [3.05, 3.63) is 65.7 Å². The van der Waals surface area contributed by atoms with E-state index in [1.54, 1.807) is 12.3 Å². The molecule has 2 aromatic heterocycles. The first kappa shape index (κ1) is 24.2. The highest BCUT2D eigenvalue weighted by molar-refractivity contribution is 6.33. The topological polar surface area (TPSA) is 87.1 Å². The molecule has 6 nitrogen and oxygen atoms in total. The first-order valence-corrected chi connectivity index (χ1v) is 12.0. The fourth-order valence-corrected chi connectivity index (χ4v) is 4.45. The second-order valence-electron chi connectivity index (χ2n) is 9.94. The molecular weight excluding hydrogens is 448 g/mol. The molecule has 7 heteroatoms. The van der Waals surface area contributed by atoms with Gasteiger partial charge in [-0.05, 0) is 61.6 Å². The number of benzene rings is 1. The SMILES string of the molecule is CC(C)(C)c1cc(-c2cncc(-c3ccc(NC(=O)NC4CCC(O)CC4)cc3Cl)c2)ccn1. The van der Waals surface area contributed by atoms with Crippen molar-refractivity contribution >= 4 is 23.3 Å². The quantitative estimate of drug-likeness (QED) is 0.417. The summed E-state index contributed by atoms with van der Waals surface area (Å²) in [6.07, 6.45) is 8.21. The van der Waals surface area contributed by atoms with Gasteiger partial charge in [0.05, 0.1) is 11.1 Å². The lowest BCUT2D eigenvalue weighted by Crippen LogP contribution is -2.40. The van der Waals surface area contributed by atoms with Gasteiger partial charge in [-0.3, -0.25) is 9.97 Å². The lowest BCUT2D eigenvalue weighted by Gasteiger charge is -2.26. The largest absolute Gasteiger partial charge is 0.393 e. The molecule has 0 unspecified atom stereocenters. The number of nitrogens with one attached hydrogen (secondary N) is 2. The first-order valence-electron chi connectivity index (χ1n) is 11.7. The van der Waals surface area contributed by atoms with Gasteiger partial charge in [-0.15, -0.1) is 0 Å². The van der Waals surface area contributed by atoms with Crippen LogP contribution in [0.25, 0.3) is 22.3 Å². The molecule has 1 aromatic carbocycles. The van der Waals surface area contributed by atoms with Crippen molar-refractivity contribution < 1.29 is 9.90 Å². The number of aromatic nitrogens is 2. The van der Waals surface area contributed by atoms with Gasteiger partial charge >= 0.3 is 6.03 Å². The molecular formula is C27H31ClN4O2. The molecule has 0 bridgehead atoms. The highest BCUT2D eigenvalue weighted by atomic mass is 35.5. The van der Waals surface area contributed by atoms with Gasteiger partial charge in [0, 0.05) is 58.1 Å². The fourth-order valence-electron chi connectivity index (χ4n) is 4.17. The van der Waals surface area contributed by atoms with E-state index in [0.29, 0.717) is 10.7 Å². The van der Waals surface area contributed by atoms with Crippen LogP contribution >= 0.6 is 11.6 Å². The van der Waals surface area contributed by atoms with Crippen LogP contribution in [0.15, 0.2) is 55.0 Å². The summed E-state index contributed by atoms with van der Waals surface area (Å²) >= 11 is 6.60. The molecule has 0 aliphatic heterocycles. The molecule has 3 N–H and O–H groups in total. The van der Waals surface area contributed by atoms with E-state index >= 15 is 0 Å². The zero-order chi connectivity index (χ0) is 24.3. The third-order valence-electron chi connectivity index (χ3n) is 6.17. The predicted octanol–water partition coefficient (Wildman–Crippen LogP) is 6.19. The van der Waals surface area contributed by atoms with E-state index in [1.807, 2.05) is 30.6 Å². The lowest BCUT2D eigenvalue weighted by molar-refractivity contribution is 0.118. The Bertz CT molecular complexity index is 1170. The van der Waals surface area contributed by atoms with Crippen LogP contribution in [0, 0.1) is 0 Å². The van der Waals surface area contributed by atoms with E-state index in [-0.39, 0.29) is 23.6 Å². The van der Waals surface area contributed by atoms with Crippen molar-refractivity contribution in [2.45, 2.75) is 64.0 Å². The zero-order valence-electron chi connectivity index (χ0n) is 19.8. The van der Waals surface area contributed by atoms with E-state index in [9.17, 15) is 9.90 Å². The van der Waals surface area contributed by atoms with E-state index in [0.717, 1.165) is 53.6 Å². The number of aliphatic hydroxyl groups is 1. The number of anilines is 1. The van der Waals surface area contributed by atoms with Crippen LogP contribution in [-0.4, -0.2) is 33.3 Å². The molecule has 34 heavy (non-hydrogen) atoms. The minimum absolute atomic E-state index is 0.0439. The molecule has 3 aromatic rings. The van der Waals surface area contributed by atoms with Gasteiger partial charge < -0.3 is 15.7 Å². The molecule has 1 saturated carbocycles. The monoisotopic (exact) mass is 478 g/mol. The van der Waals surface area contributed by atoms with Crippen LogP contribution in [0.3, 0.4) is 0 Å². The van der Waals surface area contributed by atoms with Gasteiger partial charge in [0.15, 0.2) is 0 Å². The number of pyridine rings is 2. The van der Waals surface area contributed by atoms with Crippen LogP contribution < -0.4 is 10.6 Å². The molecule has 0 spiro atoms. The second kappa shape index (κ2) is 10.1. The molecule has 2 amide bonds. The number of hydrogen-bond donors (Lipinski definition) is 3. The molecule has 178 valence electrons. The Hall–Kier alpha value is -2.96. The van der Waals surface area contributed by atoms with Gasteiger partial charge in [0.1, 0.15) is 0 Å². The Morgan fingerprint density at radius 1 is 1.00 bits per heavy atom. The Morgan fingerprint density at radius 3 is 2.44 bits per heavy atom. The summed E-state index contributed by atoms with van der Waals surface area (Å²) in [7, 11) is 0. The van der Waals surface area contributed by atoms with Crippen molar-refractivity contribution in [1.82, 2.24) is 15.3 Å². The predicted molar refractivity (Wildman–Crippen MR) is 137 cm³/mol. The minimum atomic E-state index is -0.263. The Kier molecular flexibility index (Phi) is 7.19. The van der Waals surface area contributed by atoms with E-state index < -0.39 is 0 Å². The number of halogens is 1. The summed E-state index contributed by atoms with van der Waals surface area (Å²) in [5.74, 6) is 0. The molecule has 1 aliphatic carbocycles. The Morgan fingerprint density at radius 2 is 1.74 bits per heavy atom. The van der Waals surface area contributed by atoms with Gasteiger partial charge in [-0.25, -0.2) is 4.79 Å². The average molecular weight is 479 g/mol. The fraction of sp³-hybridized carbons (Fsp3) is 0.370. The number of nitrogens with zero attached hydrogens (tertiary/aromatic N) is 2. The summed E-state index contributed by atoms with van der Waals surface area (Å²) in [5.41, 5.74) is 5.37. The molecule has 0 atom stereocenters. The number of rotatable bonds is 4. The van der Waals surface area contributed by atoms with Crippen molar-refractivity contribution in [2.24, 2.45) is 0 Å². The van der Waals surface area contributed by atoms with Gasteiger partial charge in [-0.1, -0.05) is 38.4 Å². The van der Waals surface area contributed by atoms with Crippen molar-refractivity contribution in [1.29, 1.82) is 0 Å². The number of hydrogen-bond acceptors (Lipinski definition) is 4. The van der Waals surface area contributed by atoms with Crippen LogP contribution in [0.2, 0.25) is 5.02 Å². The van der Waals surface area contributed by atoms with Crippen LogP contribution in [0.5, 0.6) is 0 Å². The van der Waals surface area contributed by atoms with Gasteiger partial charge in [0.2, 0.25) is 0 Å². The third kappa shape index (κ3) is 5.93. The summed E-state index contributed by atoms with van der Waals surface area (Å²) < 4.78 is 0. The van der Waals surface area contributed by atoms with Gasteiger partial charge in [0.25, 0.3) is 0 Å². The molecule has 0 saturated heterocycles. The van der Waals surface area contributed by atoms with Crippen LogP contribution in [0.1, 0.15) is 52.1 Å². The zero-order valence-corrected chi connectivity index (χ0v) is 20.6. The minimum Gasteiger partial charge on any atom is -0.393 e. The molecule has 1 aliphatic rings. The number of aliphatic hydroxyl groups excluding tert-OH is 1. The van der Waals surface area contributed by atoms with Crippen LogP contribution in [0.4, 0.5) is 10.5 Å². The van der Waals surface area contributed by atoms with Crippen molar-refractivity contribution in [3.8, 4) is 22.3 Å². The van der Waals surface area contributed by atoms with Crippen molar-refractivity contribution in [3.63, 3.8) is 0 Å². The molecule has 2 heterocycles.